The molecule has 0 bridgehead atoms. The van der Waals surface area contributed by atoms with Crippen LogP contribution >= 0.6 is 35.3 Å². The molecule has 0 fully saturated rings. The standard InChI is InChI=1S/C15H21N5S.HI/c1-4-13-5-6-14(21-13)10-19-15(16-3)18-9-12-7-8-17-11(2)20-12;/h5-8H,4,9-10H2,1-3H3,(H2,16,18,19);1H. The molecule has 2 aromatic rings. The highest BCUT2D eigenvalue weighted by Gasteiger charge is 2.02. The third-order valence-electron chi connectivity index (χ3n) is 2.99. The average Bonchev–Trinajstić information content (AvgIpc) is 2.95. The molecule has 120 valence electrons. The van der Waals surface area contributed by atoms with E-state index in [-0.39, 0.29) is 24.0 Å². The molecule has 2 rings (SSSR count). The van der Waals surface area contributed by atoms with Crippen LogP contribution in [0.5, 0.6) is 0 Å². The summed E-state index contributed by atoms with van der Waals surface area (Å²) in [6, 6.07) is 6.25. The van der Waals surface area contributed by atoms with Crippen LogP contribution in [-0.4, -0.2) is 23.0 Å². The molecule has 0 saturated carbocycles. The number of guanidine groups is 1. The van der Waals surface area contributed by atoms with Gasteiger partial charge >= 0.3 is 0 Å². The van der Waals surface area contributed by atoms with Crippen molar-refractivity contribution in [3.63, 3.8) is 0 Å². The van der Waals surface area contributed by atoms with E-state index in [1.54, 1.807) is 13.2 Å². The van der Waals surface area contributed by atoms with Crippen LogP contribution in [-0.2, 0) is 19.5 Å². The second kappa shape index (κ2) is 9.73. The lowest BCUT2D eigenvalue weighted by Crippen LogP contribution is -2.36. The van der Waals surface area contributed by atoms with Gasteiger partial charge in [-0.05, 0) is 31.5 Å². The zero-order valence-electron chi connectivity index (χ0n) is 13.1. The number of thiophene rings is 1. The molecule has 0 atom stereocenters. The molecule has 0 aliphatic heterocycles. The summed E-state index contributed by atoms with van der Waals surface area (Å²) in [5, 5.41) is 6.57. The summed E-state index contributed by atoms with van der Waals surface area (Å²) in [6.45, 7) is 5.48. The molecule has 2 N–H and O–H groups in total. The molecular weight excluding hydrogens is 409 g/mol. The third-order valence-corrected chi connectivity index (χ3v) is 4.22. The van der Waals surface area contributed by atoms with Gasteiger partial charge in [0.1, 0.15) is 5.82 Å². The van der Waals surface area contributed by atoms with E-state index in [2.05, 4.69) is 44.7 Å². The van der Waals surface area contributed by atoms with Gasteiger partial charge in [0.05, 0.1) is 18.8 Å². The maximum atomic E-state index is 4.36. The SMILES string of the molecule is CCc1ccc(CNC(=NC)NCc2ccnc(C)n2)s1.I. The van der Waals surface area contributed by atoms with Crippen LogP contribution in [0.3, 0.4) is 0 Å². The first-order chi connectivity index (χ1) is 10.2. The number of nitrogens with one attached hydrogen (secondary N) is 2. The zero-order chi connectivity index (χ0) is 15.1. The number of hydrogen-bond acceptors (Lipinski definition) is 4. The topological polar surface area (TPSA) is 62.2 Å². The van der Waals surface area contributed by atoms with Crippen molar-refractivity contribution in [2.24, 2.45) is 4.99 Å². The van der Waals surface area contributed by atoms with E-state index in [9.17, 15) is 0 Å². The monoisotopic (exact) mass is 431 g/mol. The fourth-order valence-corrected chi connectivity index (χ4v) is 2.77. The van der Waals surface area contributed by atoms with Gasteiger partial charge in [-0.1, -0.05) is 6.92 Å². The number of rotatable bonds is 5. The Bertz CT molecular complexity index is 611. The van der Waals surface area contributed by atoms with E-state index in [1.807, 2.05) is 24.3 Å². The van der Waals surface area contributed by atoms with Gasteiger partial charge in [-0.15, -0.1) is 35.3 Å². The first-order valence-electron chi connectivity index (χ1n) is 7.02. The van der Waals surface area contributed by atoms with Crippen molar-refractivity contribution in [2.75, 3.05) is 7.05 Å². The van der Waals surface area contributed by atoms with E-state index < -0.39 is 0 Å². The van der Waals surface area contributed by atoms with E-state index in [0.29, 0.717) is 6.54 Å². The summed E-state index contributed by atoms with van der Waals surface area (Å²) in [6.07, 6.45) is 2.86. The summed E-state index contributed by atoms with van der Waals surface area (Å²) < 4.78 is 0. The van der Waals surface area contributed by atoms with Crippen molar-refractivity contribution in [1.29, 1.82) is 0 Å². The molecule has 0 unspecified atom stereocenters. The number of aliphatic imine (C=N–C) groups is 1. The van der Waals surface area contributed by atoms with Crippen LogP contribution in [0.25, 0.3) is 0 Å². The van der Waals surface area contributed by atoms with Crippen molar-refractivity contribution in [1.82, 2.24) is 20.6 Å². The van der Waals surface area contributed by atoms with Gasteiger partial charge in [-0.3, -0.25) is 4.99 Å². The van der Waals surface area contributed by atoms with E-state index in [4.69, 9.17) is 0 Å². The molecule has 2 aromatic heterocycles. The largest absolute Gasteiger partial charge is 0.352 e. The zero-order valence-corrected chi connectivity index (χ0v) is 16.2. The Morgan fingerprint density at radius 3 is 2.55 bits per heavy atom. The number of aromatic nitrogens is 2. The van der Waals surface area contributed by atoms with E-state index >= 15 is 0 Å². The Kier molecular flexibility index (Phi) is 8.32. The number of halogens is 1. The molecule has 0 radical (unpaired) electrons. The Balaban J connectivity index is 0.00000242. The summed E-state index contributed by atoms with van der Waals surface area (Å²) in [7, 11) is 1.77. The lowest BCUT2D eigenvalue weighted by molar-refractivity contribution is 0.790. The second-order valence-electron chi connectivity index (χ2n) is 4.60. The average molecular weight is 431 g/mol. The van der Waals surface area contributed by atoms with Gasteiger partial charge in [-0.2, -0.15) is 0 Å². The maximum absolute atomic E-state index is 4.36. The van der Waals surface area contributed by atoms with Gasteiger partial charge in [-0.25, -0.2) is 9.97 Å². The predicted octanol–water partition coefficient (Wildman–Crippen LogP) is 2.89. The highest BCUT2D eigenvalue weighted by atomic mass is 127. The second-order valence-corrected chi connectivity index (χ2v) is 5.85. The fraction of sp³-hybridized carbons (Fsp3) is 0.400. The Hall–Kier alpha value is -1.22. The first-order valence-corrected chi connectivity index (χ1v) is 7.83. The Morgan fingerprint density at radius 2 is 1.91 bits per heavy atom. The lowest BCUT2D eigenvalue weighted by Gasteiger charge is -2.11. The highest BCUT2D eigenvalue weighted by molar-refractivity contribution is 14.0. The summed E-state index contributed by atoms with van der Waals surface area (Å²) in [5.41, 5.74) is 0.954. The van der Waals surface area contributed by atoms with Crippen molar-refractivity contribution in [2.45, 2.75) is 33.4 Å². The van der Waals surface area contributed by atoms with E-state index in [1.165, 1.54) is 9.75 Å². The maximum Gasteiger partial charge on any atom is 0.191 e. The molecule has 0 aliphatic rings. The third kappa shape index (κ3) is 5.88. The van der Waals surface area contributed by atoms with Crippen molar-refractivity contribution in [3.05, 3.63) is 45.7 Å². The number of hydrogen-bond donors (Lipinski definition) is 2. The molecule has 0 saturated heterocycles. The van der Waals surface area contributed by atoms with Crippen LogP contribution in [0, 0.1) is 6.92 Å². The number of aryl methyl sites for hydroxylation is 2. The molecule has 5 nitrogen and oxygen atoms in total. The van der Waals surface area contributed by atoms with Crippen LogP contribution < -0.4 is 10.6 Å². The van der Waals surface area contributed by atoms with Crippen LogP contribution in [0.15, 0.2) is 29.4 Å². The van der Waals surface area contributed by atoms with Crippen LogP contribution in [0.4, 0.5) is 0 Å². The van der Waals surface area contributed by atoms with Crippen molar-refractivity contribution >= 4 is 41.3 Å². The molecule has 0 spiro atoms. The molecular formula is C15H22IN5S. The quantitative estimate of drug-likeness (QED) is 0.434. The summed E-state index contributed by atoms with van der Waals surface area (Å²) in [5.74, 6) is 1.56. The fourth-order valence-electron chi connectivity index (χ4n) is 1.88. The van der Waals surface area contributed by atoms with Gasteiger partial charge < -0.3 is 10.6 Å². The predicted molar refractivity (Wildman–Crippen MR) is 103 cm³/mol. The summed E-state index contributed by atoms with van der Waals surface area (Å²) >= 11 is 1.84. The van der Waals surface area contributed by atoms with Crippen LogP contribution in [0.2, 0.25) is 0 Å². The van der Waals surface area contributed by atoms with Gasteiger partial charge in [0, 0.05) is 23.0 Å². The van der Waals surface area contributed by atoms with Crippen molar-refractivity contribution < 1.29 is 0 Å². The highest BCUT2D eigenvalue weighted by Crippen LogP contribution is 2.16. The minimum absolute atomic E-state index is 0. The van der Waals surface area contributed by atoms with Gasteiger partial charge in [0.2, 0.25) is 0 Å². The molecule has 7 heteroatoms. The Morgan fingerprint density at radius 1 is 1.18 bits per heavy atom. The van der Waals surface area contributed by atoms with Crippen molar-refractivity contribution in [3.8, 4) is 0 Å². The number of nitrogens with zero attached hydrogens (tertiary/aromatic N) is 3. The first kappa shape index (κ1) is 18.8. The molecule has 0 aromatic carbocycles. The molecule has 0 amide bonds. The molecule has 2 heterocycles. The van der Waals surface area contributed by atoms with Gasteiger partial charge in [0.25, 0.3) is 0 Å². The minimum Gasteiger partial charge on any atom is -0.352 e. The van der Waals surface area contributed by atoms with E-state index in [0.717, 1.165) is 30.4 Å². The summed E-state index contributed by atoms with van der Waals surface area (Å²) in [4.78, 5) is 15.4. The smallest absolute Gasteiger partial charge is 0.191 e. The normalized spacial score (nSPS) is 11.0. The van der Waals surface area contributed by atoms with Gasteiger partial charge in [0.15, 0.2) is 5.96 Å². The molecule has 0 aliphatic carbocycles. The molecule has 22 heavy (non-hydrogen) atoms. The minimum atomic E-state index is 0. The lowest BCUT2D eigenvalue weighted by atomic mass is 10.3. The van der Waals surface area contributed by atoms with Crippen LogP contribution in [0.1, 0.15) is 28.2 Å². The Labute approximate surface area is 152 Å².